The lowest BCUT2D eigenvalue weighted by Crippen LogP contribution is -2.34. The Bertz CT molecular complexity index is 486. The van der Waals surface area contributed by atoms with Gasteiger partial charge in [0, 0.05) is 0 Å². The van der Waals surface area contributed by atoms with Crippen LogP contribution < -0.4 is 0 Å². The second-order valence-electron chi connectivity index (χ2n) is 2.69. The molecule has 0 aliphatic heterocycles. The summed E-state index contributed by atoms with van der Waals surface area (Å²) in [5.74, 6) is 0. The van der Waals surface area contributed by atoms with Crippen molar-refractivity contribution in [2.45, 2.75) is 0 Å². The van der Waals surface area contributed by atoms with Crippen LogP contribution in [0, 0.1) is 0 Å². The van der Waals surface area contributed by atoms with Gasteiger partial charge in [-0.3, -0.25) is 13.7 Å². The normalized spacial score (nSPS) is 13.9. The zero-order valence-electron chi connectivity index (χ0n) is 8.81. The molecular weight excluding hydrogens is 338 g/mol. The molecule has 0 amide bonds. The fraction of sp³-hybridized carbons (Fsp3) is 1.00. The van der Waals surface area contributed by atoms with Crippen molar-refractivity contribution in [2.75, 3.05) is 20.2 Å². The van der Waals surface area contributed by atoms with Gasteiger partial charge in [0.25, 0.3) is 0 Å². The van der Waals surface area contributed by atoms with Crippen LogP contribution in [0.3, 0.4) is 0 Å². The first-order valence-electron chi connectivity index (χ1n) is 3.86. The SMILES string of the molecule is O=S(=O)(O)OCN(COS(=O)(=O)O)COS(=O)(=O)O. The van der Waals surface area contributed by atoms with Gasteiger partial charge in [0.05, 0.1) is 0 Å². The van der Waals surface area contributed by atoms with E-state index in [4.69, 9.17) is 13.7 Å². The summed E-state index contributed by atoms with van der Waals surface area (Å²) in [6.45, 7) is -3.28. The van der Waals surface area contributed by atoms with Crippen LogP contribution in [0.1, 0.15) is 0 Å². The van der Waals surface area contributed by atoms with Crippen molar-refractivity contribution in [3.05, 3.63) is 0 Å². The summed E-state index contributed by atoms with van der Waals surface area (Å²) < 4.78 is 97.3. The van der Waals surface area contributed by atoms with E-state index in [1.807, 2.05) is 0 Å². The Kier molecular flexibility index (Phi) is 6.68. The van der Waals surface area contributed by atoms with E-state index in [0.29, 0.717) is 4.90 Å². The van der Waals surface area contributed by atoms with Crippen molar-refractivity contribution in [2.24, 2.45) is 0 Å². The fourth-order valence-corrected chi connectivity index (χ4v) is 1.38. The molecule has 0 heterocycles. The maximum absolute atomic E-state index is 10.2. The molecule has 0 aliphatic carbocycles. The maximum atomic E-state index is 10.2. The van der Waals surface area contributed by atoms with Crippen molar-refractivity contribution in [3.63, 3.8) is 0 Å². The first-order valence-corrected chi connectivity index (χ1v) is 7.96. The largest absolute Gasteiger partial charge is 0.398 e. The molecule has 3 N–H and O–H groups in total. The summed E-state index contributed by atoms with van der Waals surface area (Å²) in [7, 11) is -14.7. The molecule has 0 aromatic rings. The van der Waals surface area contributed by atoms with E-state index in [1.54, 1.807) is 0 Å². The van der Waals surface area contributed by atoms with E-state index in [2.05, 4.69) is 12.5 Å². The van der Waals surface area contributed by atoms with Crippen LogP contribution in [-0.2, 0) is 43.7 Å². The Balaban J connectivity index is 4.55. The van der Waals surface area contributed by atoms with Crippen LogP contribution in [0.2, 0.25) is 0 Å². The molecule has 0 fully saturated rings. The Morgan fingerprint density at radius 1 is 0.632 bits per heavy atom. The Labute approximate surface area is 108 Å². The minimum absolute atomic E-state index is 0.398. The zero-order valence-corrected chi connectivity index (χ0v) is 11.3. The maximum Gasteiger partial charge on any atom is 0.398 e. The van der Waals surface area contributed by atoms with Gasteiger partial charge in [0.2, 0.25) is 0 Å². The number of hydrogen-bond acceptors (Lipinski definition) is 10. The fourth-order valence-electron chi connectivity index (χ4n) is 0.535. The lowest BCUT2D eigenvalue weighted by atomic mass is 10.9. The number of nitrogens with zero attached hydrogens (tertiary/aromatic N) is 1. The van der Waals surface area contributed by atoms with Crippen LogP contribution in [0.15, 0.2) is 0 Å². The molecule has 0 aliphatic rings. The summed E-state index contributed by atoms with van der Waals surface area (Å²) in [6, 6.07) is 0. The molecule has 0 radical (unpaired) electrons. The van der Waals surface area contributed by atoms with Crippen molar-refractivity contribution in [3.8, 4) is 0 Å². The third kappa shape index (κ3) is 13.8. The van der Waals surface area contributed by atoms with Gasteiger partial charge in [-0.05, 0) is 0 Å². The monoisotopic (exact) mass is 347 g/mol. The molecule has 0 bridgehead atoms. The summed E-state index contributed by atoms with van der Waals surface area (Å²) >= 11 is 0. The molecule has 0 saturated heterocycles. The molecule has 116 valence electrons. The third-order valence-electron chi connectivity index (χ3n) is 1.15. The minimum Gasteiger partial charge on any atom is -0.263 e. The van der Waals surface area contributed by atoms with Gasteiger partial charge >= 0.3 is 31.2 Å². The highest BCUT2D eigenvalue weighted by Gasteiger charge is 2.17. The van der Waals surface area contributed by atoms with Gasteiger partial charge < -0.3 is 0 Å². The van der Waals surface area contributed by atoms with Gasteiger partial charge in [-0.1, -0.05) is 0 Å². The average molecular weight is 347 g/mol. The molecule has 13 nitrogen and oxygen atoms in total. The topological polar surface area (TPSA) is 194 Å². The van der Waals surface area contributed by atoms with E-state index in [-0.39, 0.29) is 0 Å². The number of hydrogen-bond donors (Lipinski definition) is 3. The predicted molar refractivity (Wildman–Crippen MR) is 54.3 cm³/mol. The Hall–Kier alpha value is -0.430. The highest BCUT2D eigenvalue weighted by Crippen LogP contribution is 1.99. The van der Waals surface area contributed by atoms with Crippen molar-refractivity contribution in [1.82, 2.24) is 4.90 Å². The van der Waals surface area contributed by atoms with Crippen molar-refractivity contribution < 1.29 is 51.5 Å². The standard InChI is InChI=1S/C3H9NO12S3/c5-17(6,7)14-1-4(2-15-18(8,9)10)3-16-19(11,12)13/h1-3H2,(H,5,6,7)(H,8,9,10)(H,11,12,13). The molecule has 0 saturated carbocycles. The van der Waals surface area contributed by atoms with Crippen LogP contribution in [0.4, 0.5) is 0 Å². The first kappa shape index (κ1) is 18.6. The van der Waals surface area contributed by atoms with E-state index in [0.717, 1.165) is 0 Å². The highest BCUT2D eigenvalue weighted by molar-refractivity contribution is 7.81. The molecule has 0 rings (SSSR count). The molecule has 0 aromatic carbocycles. The van der Waals surface area contributed by atoms with Gasteiger partial charge in [-0.15, -0.1) is 0 Å². The molecule has 0 spiro atoms. The van der Waals surface area contributed by atoms with Crippen LogP contribution in [0.25, 0.3) is 0 Å². The summed E-state index contributed by atoms with van der Waals surface area (Å²) in [6.07, 6.45) is 0. The second-order valence-corrected chi connectivity index (χ2v) is 5.97. The second kappa shape index (κ2) is 6.83. The summed E-state index contributed by atoms with van der Waals surface area (Å²) in [5, 5.41) is 0. The molecule has 16 heteroatoms. The van der Waals surface area contributed by atoms with E-state index in [9.17, 15) is 25.3 Å². The van der Waals surface area contributed by atoms with Crippen LogP contribution in [0.5, 0.6) is 0 Å². The molecular formula is C3H9NO12S3. The highest BCUT2D eigenvalue weighted by atomic mass is 32.3. The van der Waals surface area contributed by atoms with E-state index < -0.39 is 51.4 Å². The quantitative estimate of drug-likeness (QED) is 0.296. The lowest BCUT2D eigenvalue weighted by Gasteiger charge is -2.18. The van der Waals surface area contributed by atoms with Crippen LogP contribution >= 0.6 is 0 Å². The zero-order chi connectivity index (χ0) is 15.3. The van der Waals surface area contributed by atoms with Gasteiger partial charge in [0.15, 0.2) is 0 Å². The predicted octanol–water partition coefficient (Wildman–Crippen LogP) is -2.38. The summed E-state index contributed by atoms with van der Waals surface area (Å²) in [4.78, 5) is 0.398. The molecule has 0 aromatic heterocycles. The lowest BCUT2D eigenvalue weighted by molar-refractivity contribution is -0.00252. The number of rotatable bonds is 9. The Morgan fingerprint density at radius 2 is 0.842 bits per heavy atom. The molecule has 19 heavy (non-hydrogen) atoms. The minimum atomic E-state index is -4.90. The smallest absolute Gasteiger partial charge is 0.263 e. The summed E-state index contributed by atoms with van der Waals surface area (Å²) in [5.41, 5.74) is 0. The van der Waals surface area contributed by atoms with Crippen molar-refractivity contribution >= 4 is 31.2 Å². The first-order chi connectivity index (χ1) is 8.29. The average Bonchev–Trinajstić information content (AvgIpc) is 2.11. The Morgan fingerprint density at radius 3 is 1.00 bits per heavy atom. The molecule has 0 atom stereocenters. The van der Waals surface area contributed by atoms with Gasteiger partial charge in [0.1, 0.15) is 20.2 Å². The molecule has 0 unspecified atom stereocenters. The van der Waals surface area contributed by atoms with Crippen LogP contribution in [-0.4, -0.2) is 64.0 Å². The van der Waals surface area contributed by atoms with E-state index >= 15 is 0 Å². The van der Waals surface area contributed by atoms with Gasteiger partial charge in [-0.25, -0.2) is 17.4 Å². The van der Waals surface area contributed by atoms with Crippen molar-refractivity contribution in [1.29, 1.82) is 0 Å². The third-order valence-corrected chi connectivity index (χ3v) is 2.36. The van der Waals surface area contributed by atoms with E-state index in [1.165, 1.54) is 0 Å². The van der Waals surface area contributed by atoms with Gasteiger partial charge in [-0.2, -0.15) is 25.3 Å².